The van der Waals surface area contributed by atoms with Gasteiger partial charge in [0.25, 0.3) is 0 Å². The Labute approximate surface area is 149 Å². The molecule has 0 radical (unpaired) electrons. The highest BCUT2D eigenvalue weighted by molar-refractivity contribution is 5.99. The molecule has 5 nitrogen and oxygen atoms in total. The Bertz CT molecular complexity index is 728. The van der Waals surface area contributed by atoms with Crippen molar-refractivity contribution < 1.29 is 4.79 Å². The van der Waals surface area contributed by atoms with Gasteiger partial charge in [-0.3, -0.25) is 4.79 Å². The topological polar surface area (TPSA) is 48.5 Å². The van der Waals surface area contributed by atoms with Gasteiger partial charge in [0.1, 0.15) is 5.82 Å². The number of hydrogen-bond acceptors (Lipinski definition) is 4. The van der Waals surface area contributed by atoms with Gasteiger partial charge in [-0.15, -0.1) is 0 Å². The van der Waals surface area contributed by atoms with Gasteiger partial charge in [-0.25, -0.2) is 4.98 Å². The van der Waals surface area contributed by atoms with Gasteiger partial charge < -0.3 is 15.1 Å². The summed E-state index contributed by atoms with van der Waals surface area (Å²) in [6.45, 7) is 7.62. The van der Waals surface area contributed by atoms with Crippen molar-refractivity contribution in [2.24, 2.45) is 0 Å². The molecule has 1 aliphatic heterocycles. The maximum absolute atomic E-state index is 11.7. The summed E-state index contributed by atoms with van der Waals surface area (Å²) in [5.41, 5.74) is 2.96. The third kappa shape index (κ3) is 4.59. The molecule has 2 aromatic rings. The lowest BCUT2D eigenvalue weighted by Crippen LogP contribution is -2.46. The number of anilines is 3. The minimum absolute atomic E-state index is 0.119. The predicted octanol–water partition coefficient (Wildman–Crippen LogP) is 3.31. The second-order valence-corrected chi connectivity index (χ2v) is 6.43. The van der Waals surface area contributed by atoms with Crippen LogP contribution < -0.4 is 15.1 Å². The van der Waals surface area contributed by atoms with E-state index in [4.69, 9.17) is 0 Å². The third-order valence-corrected chi connectivity index (χ3v) is 4.16. The number of benzene rings is 1. The number of allylic oxidation sites excluding steroid dienone is 1. The van der Waals surface area contributed by atoms with Gasteiger partial charge >= 0.3 is 0 Å². The average molecular weight is 336 g/mol. The number of nitrogens with zero attached hydrogens (tertiary/aromatic N) is 3. The van der Waals surface area contributed by atoms with Crippen molar-refractivity contribution in [2.45, 2.75) is 13.8 Å². The fourth-order valence-electron chi connectivity index (χ4n) is 2.92. The van der Waals surface area contributed by atoms with Gasteiger partial charge in [0.15, 0.2) is 0 Å². The first-order valence-corrected chi connectivity index (χ1v) is 8.59. The third-order valence-electron chi connectivity index (χ3n) is 4.16. The van der Waals surface area contributed by atoms with E-state index < -0.39 is 0 Å². The van der Waals surface area contributed by atoms with E-state index in [2.05, 4.69) is 44.4 Å². The molecule has 3 rings (SSSR count). The molecule has 1 amide bonds. The Kier molecular flexibility index (Phi) is 5.33. The van der Waals surface area contributed by atoms with Gasteiger partial charge in [-0.2, -0.15) is 0 Å². The van der Waals surface area contributed by atoms with E-state index in [0.29, 0.717) is 5.69 Å². The van der Waals surface area contributed by atoms with Crippen molar-refractivity contribution in [1.29, 1.82) is 0 Å². The van der Waals surface area contributed by atoms with Crippen LogP contribution in [0.5, 0.6) is 0 Å². The van der Waals surface area contributed by atoms with Crippen molar-refractivity contribution >= 4 is 23.1 Å². The molecule has 1 aromatic heterocycles. The second kappa shape index (κ2) is 7.83. The molecule has 130 valence electrons. The number of aromatic nitrogens is 1. The number of carbonyl (C=O) groups is 1. The first-order valence-electron chi connectivity index (χ1n) is 8.59. The molecule has 0 saturated carbocycles. The lowest BCUT2D eigenvalue weighted by molar-refractivity contribution is -0.111. The number of rotatable bonds is 4. The van der Waals surface area contributed by atoms with Crippen LogP contribution in [0.2, 0.25) is 0 Å². The summed E-state index contributed by atoms with van der Waals surface area (Å²) >= 11 is 0. The number of amides is 1. The average Bonchev–Trinajstić information content (AvgIpc) is 2.62. The fourth-order valence-corrected chi connectivity index (χ4v) is 2.92. The zero-order valence-corrected chi connectivity index (χ0v) is 14.8. The molecule has 1 N–H and O–H groups in total. The Morgan fingerprint density at radius 1 is 1.00 bits per heavy atom. The molecule has 0 aliphatic carbocycles. The van der Waals surface area contributed by atoms with Gasteiger partial charge in [0, 0.05) is 37.9 Å². The van der Waals surface area contributed by atoms with Gasteiger partial charge in [-0.05, 0) is 38.1 Å². The fraction of sp³-hybridized carbons (Fsp3) is 0.300. The standard InChI is InChI=1S/C20H24N4O/c1-16(2)14-20(25)22-17-8-9-19(21-15-17)24-12-10-23(11-13-24)18-6-4-3-5-7-18/h3-9,14-15H,10-13H2,1-2H3,(H,22,25). The quantitative estimate of drug-likeness (QED) is 0.870. The van der Waals surface area contributed by atoms with Crippen LogP contribution in [0.15, 0.2) is 60.3 Å². The number of nitrogens with one attached hydrogen (secondary N) is 1. The van der Waals surface area contributed by atoms with Crippen molar-refractivity contribution in [3.8, 4) is 0 Å². The monoisotopic (exact) mass is 336 g/mol. The Hall–Kier alpha value is -2.82. The molecule has 2 heterocycles. The highest BCUT2D eigenvalue weighted by atomic mass is 16.1. The summed E-state index contributed by atoms with van der Waals surface area (Å²) in [6, 6.07) is 14.4. The van der Waals surface area contributed by atoms with Crippen LogP contribution in [-0.2, 0) is 4.79 Å². The van der Waals surface area contributed by atoms with Crippen LogP contribution in [0.1, 0.15) is 13.8 Å². The number of pyridine rings is 1. The van der Waals surface area contributed by atoms with E-state index in [-0.39, 0.29) is 5.91 Å². The van der Waals surface area contributed by atoms with E-state index >= 15 is 0 Å². The molecule has 1 saturated heterocycles. The smallest absolute Gasteiger partial charge is 0.248 e. The van der Waals surface area contributed by atoms with Crippen LogP contribution in [0.3, 0.4) is 0 Å². The summed E-state index contributed by atoms with van der Waals surface area (Å²) in [7, 11) is 0. The molecule has 0 bridgehead atoms. The minimum Gasteiger partial charge on any atom is -0.368 e. The Balaban J connectivity index is 1.57. The summed E-state index contributed by atoms with van der Waals surface area (Å²) in [5.74, 6) is 0.832. The molecule has 0 unspecified atom stereocenters. The molecule has 1 aromatic carbocycles. The van der Waals surface area contributed by atoms with Crippen molar-refractivity contribution in [3.05, 3.63) is 60.3 Å². The number of para-hydroxylation sites is 1. The zero-order valence-electron chi connectivity index (χ0n) is 14.8. The van der Waals surface area contributed by atoms with Crippen LogP contribution in [-0.4, -0.2) is 37.1 Å². The van der Waals surface area contributed by atoms with E-state index in [0.717, 1.165) is 37.6 Å². The minimum atomic E-state index is -0.119. The van der Waals surface area contributed by atoms with Crippen molar-refractivity contribution in [3.63, 3.8) is 0 Å². The van der Waals surface area contributed by atoms with Gasteiger partial charge in [0.05, 0.1) is 11.9 Å². The van der Waals surface area contributed by atoms with Gasteiger partial charge in [-0.1, -0.05) is 23.8 Å². The van der Waals surface area contributed by atoms with Crippen LogP contribution >= 0.6 is 0 Å². The van der Waals surface area contributed by atoms with E-state index in [1.54, 1.807) is 12.3 Å². The zero-order chi connectivity index (χ0) is 17.6. The largest absolute Gasteiger partial charge is 0.368 e. The SMILES string of the molecule is CC(C)=CC(=O)Nc1ccc(N2CCN(c3ccccc3)CC2)nc1. The van der Waals surface area contributed by atoms with Crippen molar-refractivity contribution in [1.82, 2.24) is 4.98 Å². The maximum atomic E-state index is 11.7. The maximum Gasteiger partial charge on any atom is 0.248 e. The highest BCUT2D eigenvalue weighted by Crippen LogP contribution is 2.20. The van der Waals surface area contributed by atoms with Gasteiger partial charge in [0.2, 0.25) is 5.91 Å². The Morgan fingerprint density at radius 3 is 2.28 bits per heavy atom. The summed E-state index contributed by atoms with van der Waals surface area (Å²) in [5, 5.41) is 2.83. The first kappa shape index (κ1) is 17.0. The summed E-state index contributed by atoms with van der Waals surface area (Å²) in [6.07, 6.45) is 3.30. The molecule has 1 fully saturated rings. The number of piperazine rings is 1. The molecule has 0 atom stereocenters. The lowest BCUT2D eigenvalue weighted by Gasteiger charge is -2.36. The van der Waals surface area contributed by atoms with Crippen molar-refractivity contribution in [2.75, 3.05) is 41.3 Å². The summed E-state index contributed by atoms with van der Waals surface area (Å²) in [4.78, 5) is 20.9. The molecule has 25 heavy (non-hydrogen) atoms. The second-order valence-electron chi connectivity index (χ2n) is 6.43. The first-order chi connectivity index (χ1) is 12.1. The normalized spacial score (nSPS) is 14.2. The molecular formula is C20H24N4O. The lowest BCUT2D eigenvalue weighted by atomic mass is 10.2. The molecule has 1 aliphatic rings. The number of carbonyl (C=O) groups excluding carboxylic acids is 1. The van der Waals surface area contributed by atoms with E-state index in [9.17, 15) is 4.79 Å². The highest BCUT2D eigenvalue weighted by Gasteiger charge is 2.18. The van der Waals surface area contributed by atoms with E-state index in [1.165, 1.54) is 5.69 Å². The molecular weight excluding hydrogens is 312 g/mol. The Morgan fingerprint density at radius 2 is 1.68 bits per heavy atom. The summed E-state index contributed by atoms with van der Waals surface area (Å²) < 4.78 is 0. The number of hydrogen-bond donors (Lipinski definition) is 1. The molecule has 0 spiro atoms. The van der Waals surface area contributed by atoms with Crippen LogP contribution in [0, 0.1) is 0 Å². The van der Waals surface area contributed by atoms with Crippen LogP contribution in [0.25, 0.3) is 0 Å². The van der Waals surface area contributed by atoms with E-state index in [1.807, 2.05) is 32.0 Å². The predicted molar refractivity (Wildman–Crippen MR) is 103 cm³/mol. The molecule has 5 heteroatoms. The van der Waals surface area contributed by atoms with Crippen LogP contribution in [0.4, 0.5) is 17.2 Å².